The van der Waals surface area contributed by atoms with E-state index >= 15 is 0 Å². The number of rotatable bonds is 0. The van der Waals surface area contributed by atoms with Gasteiger partial charge in [-0.25, -0.2) is 0 Å². The van der Waals surface area contributed by atoms with Crippen LogP contribution in [0, 0.1) is 0 Å². The summed E-state index contributed by atoms with van der Waals surface area (Å²) in [6.07, 6.45) is 0. The van der Waals surface area contributed by atoms with E-state index in [1.165, 1.54) is 0 Å². The summed E-state index contributed by atoms with van der Waals surface area (Å²) in [5.74, 6) is 0. The Labute approximate surface area is 59.0 Å². The second kappa shape index (κ2) is 24.3. The van der Waals surface area contributed by atoms with E-state index < -0.39 is 0 Å². The van der Waals surface area contributed by atoms with Crippen LogP contribution in [-0.2, 0) is 0 Å². The van der Waals surface area contributed by atoms with E-state index in [1.54, 1.807) is 0 Å². The largest absolute Gasteiger partial charge is 1.00 e. The molecule has 2 nitrogen and oxygen atoms in total. The Balaban J connectivity index is 0. The van der Waals surface area contributed by atoms with Crippen LogP contribution in [0.3, 0.4) is 0 Å². The molecule has 0 radical (unpaired) electrons. The molecule has 0 aromatic carbocycles. The van der Waals surface area contributed by atoms with Gasteiger partial charge < -0.3 is 11.0 Å². The Morgan fingerprint density at radius 3 is 0.750 bits per heavy atom. The minimum absolute atomic E-state index is 0. The van der Waals surface area contributed by atoms with Crippen LogP contribution in [0.5, 0.6) is 0 Å². The zero-order valence-corrected chi connectivity index (χ0v) is 4.89. The molecule has 0 unspecified atom stereocenters. The first kappa shape index (κ1) is 48.9. The van der Waals surface area contributed by atoms with Crippen molar-refractivity contribution in [3.05, 3.63) is 0 Å². The summed E-state index contributed by atoms with van der Waals surface area (Å²) < 4.78 is 0. The maximum absolute atomic E-state index is 0. The molecule has 0 aliphatic carbocycles. The smallest absolute Gasteiger partial charge is 0.870 e. The van der Waals surface area contributed by atoms with Gasteiger partial charge in [-0.2, -0.15) is 0 Å². The van der Waals surface area contributed by atoms with Crippen molar-refractivity contribution in [2.75, 3.05) is 0 Å². The van der Waals surface area contributed by atoms with Crippen LogP contribution in [0.25, 0.3) is 0 Å². The van der Waals surface area contributed by atoms with Crippen LogP contribution in [0.1, 0.15) is 0 Å². The molecule has 4 heteroatoms. The van der Waals surface area contributed by atoms with Crippen molar-refractivity contribution in [1.29, 1.82) is 0 Å². The summed E-state index contributed by atoms with van der Waals surface area (Å²) in [6.45, 7) is 0. The summed E-state index contributed by atoms with van der Waals surface area (Å²) in [5, 5.41) is 0. The third-order valence-corrected chi connectivity index (χ3v) is 0. The molecule has 0 atom stereocenters. The molecule has 0 aliphatic heterocycles. The summed E-state index contributed by atoms with van der Waals surface area (Å²) in [5.41, 5.74) is 0. The summed E-state index contributed by atoms with van der Waals surface area (Å²) in [7, 11) is 0. The fourth-order valence-corrected chi connectivity index (χ4v) is 0. The molecule has 0 fully saturated rings. The summed E-state index contributed by atoms with van der Waals surface area (Å²) >= 11 is 0. The maximum atomic E-state index is 0. The Kier molecular flexibility index (Phi) is 297. The minimum Gasteiger partial charge on any atom is -0.870 e. The topological polar surface area (TPSA) is 60.0 Å². The summed E-state index contributed by atoms with van der Waals surface area (Å²) in [6, 6.07) is 0. The first-order valence-corrected chi connectivity index (χ1v) is 0. The van der Waals surface area contributed by atoms with Gasteiger partial charge in [0, 0.05) is 0 Å². The van der Waals surface area contributed by atoms with E-state index in [0.29, 0.717) is 0 Å². The molecular formula is H2LiNaO2. The molecule has 2 N–H and O–H groups in total. The van der Waals surface area contributed by atoms with E-state index in [1.807, 2.05) is 0 Å². The summed E-state index contributed by atoms with van der Waals surface area (Å²) in [4.78, 5) is 0. The first-order chi connectivity index (χ1) is 0. The van der Waals surface area contributed by atoms with Gasteiger partial charge in [-0.3, -0.25) is 0 Å². The second-order valence-corrected chi connectivity index (χ2v) is 0. The normalized spacial score (nSPS) is 0. The van der Waals surface area contributed by atoms with Gasteiger partial charge in [-0.15, -0.1) is 0 Å². The molecule has 0 saturated heterocycles. The molecular weight excluding hydrogens is 61.9 g/mol. The Morgan fingerprint density at radius 2 is 0.750 bits per heavy atom. The predicted molar refractivity (Wildman–Crippen MR) is 3.87 cm³/mol. The zero-order chi connectivity index (χ0) is 0. The van der Waals surface area contributed by atoms with E-state index in [9.17, 15) is 0 Å². The maximum Gasteiger partial charge on any atom is 1.00 e. The molecule has 0 aromatic heterocycles. The van der Waals surface area contributed by atoms with Crippen LogP contribution >= 0.6 is 0 Å². The molecule has 16 valence electrons. The van der Waals surface area contributed by atoms with Gasteiger partial charge >= 0.3 is 48.4 Å². The van der Waals surface area contributed by atoms with Crippen molar-refractivity contribution >= 4 is 0 Å². The standard InChI is InChI=1S/Li.Na.2H2O/h;;2*1H2/q2*+1;;/p-2. The second-order valence-electron chi connectivity index (χ2n) is 0. The van der Waals surface area contributed by atoms with E-state index in [-0.39, 0.29) is 59.4 Å². The third kappa shape index (κ3) is 9.68. The average Bonchev–Trinajstić information content (AvgIpc) is 0. The van der Waals surface area contributed by atoms with Crippen molar-refractivity contribution < 1.29 is 59.4 Å². The molecule has 0 aromatic rings. The van der Waals surface area contributed by atoms with Crippen molar-refractivity contribution in [2.45, 2.75) is 0 Å². The molecule has 0 saturated carbocycles. The van der Waals surface area contributed by atoms with Gasteiger partial charge in [-0.05, 0) is 0 Å². The van der Waals surface area contributed by atoms with Crippen LogP contribution in [0.2, 0.25) is 0 Å². The zero-order valence-electron chi connectivity index (χ0n) is 2.89. The van der Waals surface area contributed by atoms with Crippen molar-refractivity contribution in [2.24, 2.45) is 0 Å². The van der Waals surface area contributed by atoms with Crippen LogP contribution in [-0.4, -0.2) is 11.0 Å². The first-order valence-electron chi connectivity index (χ1n) is 0. The van der Waals surface area contributed by atoms with Crippen molar-refractivity contribution in [3.8, 4) is 0 Å². The quantitative estimate of drug-likeness (QED) is 0.263. The Bertz CT molecular complexity index is 6.00. The van der Waals surface area contributed by atoms with Gasteiger partial charge in [0.15, 0.2) is 0 Å². The molecule has 0 aliphatic rings. The van der Waals surface area contributed by atoms with Crippen molar-refractivity contribution in [3.63, 3.8) is 0 Å². The molecule has 0 spiro atoms. The number of hydrogen-bond acceptors (Lipinski definition) is 2. The fourth-order valence-electron chi connectivity index (χ4n) is 0. The minimum atomic E-state index is 0. The van der Waals surface area contributed by atoms with E-state index in [4.69, 9.17) is 0 Å². The Hall–Kier alpha value is 1.52. The van der Waals surface area contributed by atoms with E-state index in [2.05, 4.69) is 0 Å². The van der Waals surface area contributed by atoms with Crippen LogP contribution in [0.4, 0.5) is 0 Å². The number of hydrogen-bond donors (Lipinski definition) is 0. The Morgan fingerprint density at radius 1 is 0.750 bits per heavy atom. The molecule has 0 bridgehead atoms. The third-order valence-electron chi connectivity index (χ3n) is 0. The monoisotopic (exact) mass is 64.0 g/mol. The average molecular weight is 63.9 g/mol. The van der Waals surface area contributed by atoms with Crippen molar-refractivity contribution in [1.82, 2.24) is 0 Å². The van der Waals surface area contributed by atoms with E-state index in [0.717, 1.165) is 0 Å². The molecule has 0 rings (SSSR count). The molecule has 4 heavy (non-hydrogen) atoms. The van der Waals surface area contributed by atoms with Crippen LogP contribution in [0.15, 0.2) is 0 Å². The molecule has 0 amide bonds. The fraction of sp³-hybridized carbons (Fsp3) is 0. The van der Waals surface area contributed by atoms with Gasteiger partial charge in [-0.1, -0.05) is 0 Å². The predicted octanol–water partition coefficient (Wildman–Crippen LogP) is -6.35. The van der Waals surface area contributed by atoms with Gasteiger partial charge in [0.25, 0.3) is 0 Å². The van der Waals surface area contributed by atoms with Gasteiger partial charge in [0.1, 0.15) is 0 Å². The SMILES string of the molecule is [Li+].[Na+].[OH-].[OH-]. The van der Waals surface area contributed by atoms with Gasteiger partial charge in [0.2, 0.25) is 0 Å². The van der Waals surface area contributed by atoms with Gasteiger partial charge in [0.05, 0.1) is 0 Å². The molecule has 0 heterocycles. The van der Waals surface area contributed by atoms with Crippen LogP contribution < -0.4 is 48.4 Å².